The lowest BCUT2D eigenvalue weighted by Gasteiger charge is -2.26. The Balaban J connectivity index is 3.61. The summed E-state index contributed by atoms with van der Waals surface area (Å²) in [5, 5.41) is 29.8. The number of carbonyl (C=O) groups is 1. The molecular weight excluding hydrogens is 354 g/mol. The van der Waals surface area contributed by atoms with Gasteiger partial charge in [0.2, 0.25) is 5.78 Å². The number of rotatable bonds is 20. The van der Waals surface area contributed by atoms with Crippen LogP contribution in [0.25, 0.3) is 0 Å². The van der Waals surface area contributed by atoms with Crippen LogP contribution in [0, 0.1) is 0 Å². The number of nitrogens with two attached hydrogens (primary N) is 1. The smallest absolute Gasteiger partial charge is 0.207 e. The van der Waals surface area contributed by atoms with E-state index in [1.165, 1.54) is 64.2 Å². The van der Waals surface area contributed by atoms with Gasteiger partial charge in [-0.15, -0.1) is 0 Å². The van der Waals surface area contributed by atoms with Gasteiger partial charge in [-0.2, -0.15) is 0 Å². The van der Waals surface area contributed by atoms with Crippen LogP contribution in [0.3, 0.4) is 0 Å². The standard InChI is InChI=1S/C23H47NO4/c1-3-5-6-7-8-9-10-11-12-13-14-15-16-18-20(25)19-23(24,28)22(27)21(26)17-4-2/h20-21,25-26,28H,3-19,24H2,1-2H3. The van der Waals surface area contributed by atoms with Crippen LogP contribution in [0.1, 0.15) is 123 Å². The van der Waals surface area contributed by atoms with Gasteiger partial charge in [0.1, 0.15) is 6.10 Å². The first-order valence-electron chi connectivity index (χ1n) is 11.8. The maximum absolute atomic E-state index is 11.9. The van der Waals surface area contributed by atoms with Crippen molar-refractivity contribution in [1.82, 2.24) is 0 Å². The number of hydrogen-bond donors (Lipinski definition) is 4. The van der Waals surface area contributed by atoms with Crippen LogP contribution in [-0.4, -0.2) is 39.0 Å². The van der Waals surface area contributed by atoms with E-state index >= 15 is 0 Å². The molecule has 0 aromatic rings. The Labute approximate surface area is 173 Å². The van der Waals surface area contributed by atoms with E-state index in [1.807, 2.05) is 6.92 Å². The lowest BCUT2D eigenvalue weighted by Crippen LogP contribution is -2.54. The van der Waals surface area contributed by atoms with Gasteiger partial charge in [-0.05, 0) is 12.8 Å². The van der Waals surface area contributed by atoms with Crippen LogP contribution < -0.4 is 5.73 Å². The fraction of sp³-hybridized carbons (Fsp3) is 0.957. The van der Waals surface area contributed by atoms with Gasteiger partial charge in [-0.3, -0.25) is 10.5 Å². The van der Waals surface area contributed by atoms with Crippen LogP contribution in [0.15, 0.2) is 0 Å². The highest BCUT2D eigenvalue weighted by Crippen LogP contribution is 2.18. The lowest BCUT2D eigenvalue weighted by atomic mass is 9.93. The number of hydrogen-bond acceptors (Lipinski definition) is 5. The topological polar surface area (TPSA) is 104 Å². The maximum Gasteiger partial charge on any atom is 0.207 e. The minimum Gasteiger partial charge on any atom is -0.393 e. The molecule has 0 heterocycles. The Bertz CT molecular complexity index is 374. The second-order valence-corrected chi connectivity index (χ2v) is 8.48. The van der Waals surface area contributed by atoms with E-state index in [0.717, 1.165) is 19.3 Å². The fourth-order valence-corrected chi connectivity index (χ4v) is 3.65. The van der Waals surface area contributed by atoms with Crippen LogP contribution >= 0.6 is 0 Å². The molecule has 0 aliphatic carbocycles. The first kappa shape index (κ1) is 27.5. The van der Waals surface area contributed by atoms with Crippen molar-refractivity contribution in [2.24, 2.45) is 5.73 Å². The molecule has 0 radical (unpaired) electrons. The summed E-state index contributed by atoms with van der Waals surface area (Å²) in [5.41, 5.74) is 3.47. The maximum atomic E-state index is 11.9. The van der Waals surface area contributed by atoms with Gasteiger partial charge >= 0.3 is 0 Å². The lowest BCUT2D eigenvalue weighted by molar-refractivity contribution is -0.149. The highest BCUT2D eigenvalue weighted by atomic mass is 16.3. The van der Waals surface area contributed by atoms with Crippen molar-refractivity contribution < 1.29 is 20.1 Å². The molecule has 3 atom stereocenters. The van der Waals surface area contributed by atoms with Gasteiger partial charge in [0, 0.05) is 6.42 Å². The summed E-state index contributed by atoms with van der Waals surface area (Å²) in [6.07, 6.45) is 15.6. The Kier molecular flexibility index (Phi) is 17.1. The summed E-state index contributed by atoms with van der Waals surface area (Å²) in [6, 6.07) is 0. The number of ketones is 1. The van der Waals surface area contributed by atoms with Gasteiger partial charge in [0.15, 0.2) is 5.72 Å². The van der Waals surface area contributed by atoms with Crippen LogP contribution in [0.2, 0.25) is 0 Å². The van der Waals surface area contributed by atoms with Crippen molar-refractivity contribution in [2.75, 3.05) is 0 Å². The molecule has 5 heteroatoms. The molecule has 0 spiro atoms. The first-order valence-corrected chi connectivity index (χ1v) is 11.8. The van der Waals surface area contributed by atoms with Gasteiger partial charge in [0.05, 0.1) is 6.10 Å². The Morgan fingerprint density at radius 2 is 1.18 bits per heavy atom. The third-order valence-corrected chi connectivity index (χ3v) is 5.48. The number of Topliss-reactive ketones (excluding diaryl/α,β-unsaturated/α-hetero) is 1. The summed E-state index contributed by atoms with van der Waals surface area (Å²) < 4.78 is 0. The zero-order chi connectivity index (χ0) is 21.3. The van der Waals surface area contributed by atoms with Crippen molar-refractivity contribution in [3.05, 3.63) is 0 Å². The van der Waals surface area contributed by atoms with Crippen molar-refractivity contribution in [2.45, 2.75) is 141 Å². The minimum atomic E-state index is -2.15. The zero-order valence-electron chi connectivity index (χ0n) is 18.5. The SMILES string of the molecule is CCCCCCCCCCCCCCCC(O)CC(N)(O)C(=O)C(O)CCC. The summed E-state index contributed by atoms with van der Waals surface area (Å²) in [6.45, 7) is 4.09. The molecule has 0 aliphatic rings. The molecule has 168 valence electrons. The molecule has 5 N–H and O–H groups in total. The summed E-state index contributed by atoms with van der Waals surface area (Å²) in [7, 11) is 0. The van der Waals surface area contributed by atoms with Crippen LogP contribution in [-0.2, 0) is 4.79 Å². The molecule has 28 heavy (non-hydrogen) atoms. The van der Waals surface area contributed by atoms with Crippen LogP contribution in [0.5, 0.6) is 0 Å². The molecule has 0 bridgehead atoms. The molecule has 0 aromatic heterocycles. The average molecular weight is 402 g/mol. The normalized spacial score (nSPS) is 15.9. The van der Waals surface area contributed by atoms with E-state index < -0.39 is 23.7 Å². The Morgan fingerprint density at radius 1 is 0.750 bits per heavy atom. The number of carbonyl (C=O) groups excluding carboxylic acids is 1. The first-order chi connectivity index (χ1) is 13.3. The second kappa shape index (κ2) is 17.4. The van der Waals surface area contributed by atoms with E-state index in [0.29, 0.717) is 12.8 Å². The third-order valence-electron chi connectivity index (χ3n) is 5.48. The van der Waals surface area contributed by atoms with Crippen LogP contribution in [0.4, 0.5) is 0 Å². The molecule has 0 aromatic carbocycles. The Hall–Kier alpha value is -0.490. The van der Waals surface area contributed by atoms with E-state index in [1.54, 1.807) is 0 Å². The van der Waals surface area contributed by atoms with Gasteiger partial charge in [-0.1, -0.05) is 104 Å². The minimum absolute atomic E-state index is 0.217. The molecular formula is C23H47NO4. The van der Waals surface area contributed by atoms with Gasteiger partial charge in [0.25, 0.3) is 0 Å². The van der Waals surface area contributed by atoms with Gasteiger partial charge < -0.3 is 15.3 Å². The number of aliphatic hydroxyl groups excluding tert-OH is 2. The largest absolute Gasteiger partial charge is 0.393 e. The molecule has 0 amide bonds. The molecule has 0 aliphatic heterocycles. The van der Waals surface area contributed by atoms with Crippen molar-refractivity contribution >= 4 is 5.78 Å². The molecule has 0 rings (SSSR count). The number of unbranched alkanes of at least 4 members (excludes halogenated alkanes) is 12. The molecule has 0 saturated heterocycles. The predicted octanol–water partition coefficient (Wildman–Crippen LogP) is 4.60. The predicted molar refractivity (Wildman–Crippen MR) is 116 cm³/mol. The van der Waals surface area contributed by atoms with Gasteiger partial charge in [-0.25, -0.2) is 0 Å². The van der Waals surface area contributed by atoms with E-state index in [4.69, 9.17) is 5.73 Å². The molecule has 0 saturated carbocycles. The molecule has 5 nitrogen and oxygen atoms in total. The molecule has 0 fully saturated rings. The van der Waals surface area contributed by atoms with Crippen molar-refractivity contribution in [1.29, 1.82) is 0 Å². The van der Waals surface area contributed by atoms with Crippen molar-refractivity contribution in [3.8, 4) is 0 Å². The summed E-state index contributed by atoms with van der Waals surface area (Å²) >= 11 is 0. The Morgan fingerprint density at radius 3 is 1.61 bits per heavy atom. The van der Waals surface area contributed by atoms with E-state index in [9.17, 15) is 20.1 Å². The highest BCUT2D eigenvalue weighted by molar-refractivity contribution is 5.90. The molecule has 3 unspecified atom stereocenters. The quantitative estimate of drug-likeness (QED) is 0.176. The summed E-state index contributed by atoms with van der Waals surface area (Å²) in [5.74, 6) is -0.793. The fourth-order valence-electron chi connectivity index (χ4n) is 3.65. The van der Waals surface area contributed by atoms with Crippen molar-refractivity contribution in [3.63, 3.8) is 0 Å². The zero-order valence-corrected chi connectivity index (χ0v) is 18.5. The highest BCUT2D eigenvalue weighted by Gasteiger charge is 2.37. The number of aliphatic hydroxyl groups is 3. The second-order valence-electron chi connectivity index (χ2n) is 8.48. The summed E-state index contributed by atoms with van der Waals surface area (Å²) in [4.78, 5) is 11.9. The third kappa shape index (κ3) is 14.5. The van der Waals surface area contributed by atoms with E-state index in [-0.39, 0.29) is 12.8 Å². The van der Waals surface area contributed by atoms with E-state index in [2.05, 4.69) is 6.92 Å². The average Bonchev–Trinajstić information content (AvgIpc) is 2.64. The monoisotopic (exact) mass is 401 g/mol.